The summed E-state index contributed by atoms with van der Waals surface area (Å²) in [5.74, 6) is -4.64. The number of amides is 4. The molecule has 17 heteroatoms. The van der Waals surface area contributed by atoms with Gasteiger partial charge in [0.15, 0.2) is 5.76 Å². The minimum absolute atomic E-state index is 0.0295. The van der Waals surface area contributed by atoms with E-state index >= 15 is 0 Å². The molecule has 4 amide bonds. The van der Waals surface area contributed by atoms with Crippen LogP contribution in [0.5, 0.6) is 5.75 Å². The summed E-state index contributed by atoms with van der Waals surface area (Å²) in [6.07, 6.45) is 7.70. The van der Waals surface area contributed by atoms with Gasteiger partial charge in [-0.2, -0.15) is 5.06 Å². The predicted octanol–water partition coefficient (Wildman–Crippen LogP) is 8.51. The Kier molecular flexibility index (Phi) is 20.5. The molecule has 17 nitrogen and oxygen atoms in total. The number of benzene rings is 4. The van der Waals surface area contributed by atoms with Crippen molar-refractivity contribution < 1.29 is 57.0 Å². The predicted molar refractivity (Wildman–Crippen MR) is 270 cm³/mol. The fraction of sp³-hybridized carbons (Fsp3) is 0.304. The number of hydrogen-bond donors (Lipinski definition) is 3. The van der Waals surface area contributed by atoms with Gasteiger partial charge in [-0.25, -0.2) is 9.59 Å². The topological polar surface area (TPSA) is 214 Å². The van der Waals surface area contributed by atoms with Gasteiger partial charge in [0, 0.05) is 23.6 Å². The number of hydroxylamine groups is 2. The Hall–Kier alpha value is -8.47. The number of hydrogen-bond acceptors (Lipinski definition) is 12. The lowest BCUT2D eigenvalue weighted by molar-refractivity contribution is -0.171. The van der Waals surface area contributed by atoms with Crippen molar-refractivity contribution in [3.63, 3.8) is 0 Å². The molecular weight excluding hydrogens is 935 g/mol. The second-order valence-corrected chi connectivity index (χ2v) is 16.9. The standard InChI is InChI=1S/C56H61N5O12/c1-4-7-8-15-25-44(47(5-2)61(38-62)73-55(67)42-23-18-24-43(32-42)60-30-16-17-31-60)52(64)57-37-58-54(66)49-29-28-48(72-49)41-26-27-45(50(33-41)69-6-3)53(65)59-46(56(68)71-36-40-21-13-10-14-22-40)34-51(63)70-35-39-19-11-9-12-20-39/h9-14,16-24,26-33,38,44,46-47H,4-8,15,25,34-37H2,1-3H3,(H,57,64)(H,58,66)(H,59,65)/t44-,46+,47-/m1/s1. The van der Waals surface area contributed by atoms with Gasteiger partial charge in [-0.3, -0.25) is 24.0 Å². The summed E-state index contributed by atoms with van der Waals surface area (Å²) in [6, 6.07) is 33.8. The number of esters is 2. The molecule has 0 aliphatic heterocycles. The molecule has 0 unspecified atom stereocenters. The molecule has 0 saturated carbocycles. The van der Waals surface area contributed by atoms with Gasteiger partial charge in [-0.05, 0) is 85.5 Å². The average Bonchev–Trinajstić information content (AvgIpc) is 4.15. The Bertz CT molecular complexity index is 2760. The molecule has 0 fully saturated rings. The monoisotopic (exact) mass is 995 g/mol. The van der Waals surface area contributed by atoms with Crippen molar-refractivity contribution in [1.82, 2.24) is 25.6 Å². The molecule has 6 aromatic rings. The summed E-state index contributed by atoms with van der Waals surface area (Å²) < 4.78 is 24.5. The molecule has 2 aromatic heterocycles. The van der Waals surface area contributed by atoms with Crippen LogP contribution in [0, 0.1) is 5.92 Å². The van der Waals surface area contributed by atoms with Crippen LogP contribution in [0.3, 0.4) is 0 Å². The molecule has 0 saturated heterocycles. The van der Waals surface area contributed by atoms with Crippen LogP contribution in [-0.4, -0.2) is 77.0 Å². The van der Waals surface area contributed by atoms with Crippen molar-refractivity contribution >= 4 is 42.0 Å². The lowest BCUT2D eigenvalue weighted by Gasteiger charge is -2.31. The largest absolute Gasteiger partial charge is 0.493 e. The van der Waals surface area contributed by atoms with Crippen molar-refractivity contribution in [3.8, 4) is 22.8 Å². The van der Waals surface area contributed by atoms with E-state index in [1.54, 1.807) is 98.8 Å². The van der Waals surface area contributed by atoms with E-state index < -0.39 is 60.1 Å². The maximum atomic E-state index is 13.9. The zero-order valence-corrected chi connectivity index (χ0v) is 41.2. The molecule has 0 aliphatic carbocycles. The maximum absolute atomic E-state index is 13.9. The highest BCUT2D eigenvalue weighted by atomic mass is 16.7. The summed E-state index contributed by atoms with van der Waals surface area (Å²) >= 11 is 0. The fourth-order valence-electron chi connectivity index (χ4n) is 7.95. The minimum Gasteiger partial charge on any atom is -0.493 e. The summed E-state index contributed by atoms with van der Waals surface area (Å²) in [4.78, 5) is 98.9. The third-order valence-electron chi connectivity index (χ3n) is 11.8. The lowest BCUT2D eigenvalue weighted by atomic mass is 9.90. The Morgan fingerprint density at radius 1 is 0.726 bits per heavy atom. The molecule has 3 N–H and O–H groups in total. The molecule has 0 radical (unpaired) electrons. The Morgan fingerprint density at radius 2 is 1.44 bits per heavy atom. The Balaban J connectivity index is 1.09. The van der Waals surface area contributed by atoms with Crippen LogP contribution in [0.15, 0.2) is 144 Å². The van der Waals surface area contributed by atoms with E-state index in [4.69, 9.17) is 23.5 Å². The van der Waals surface area contributed by atoms with Gasteiger partial charge >= 0.3 is 17.9 Å². The number of unbranched alkanes of at least 4 members (excludes halogenated alkanes) is 3. The van der Waals surface area contributed by atoms with E-state index in [-0.39, 0.29) is 61.3 Å². The molecule has 3 atom stereocenters. The van der Waals surface area contributed by atoms with Crippen LogP contribution in [0.4, 0.5) is 0 Å². The number of nitrogens with zero attached hydrogens (tertiary/aromatic N) is 2. The van der Waals surface area contributed by atoms with Crippen molar-refractivity contribution in [2.45, 2.75) is 91.0 Å². The van der Waals surface area contributed by atoms with Crippen LogP contribution in [0.25, 0.3) is 17.0 Å². The van der Waals surface area contributed by atoms with Crippen molar-refractivity contribution in [2.75, 3.05) is 13.3 Å². The van der Waals surface area contributed by atoms with Crippen molar-refractivity contribution in [1.29, 1.82) is 0 Å². The molecule has 382 valence electrons. The van der Waals surface area contributed by atoms with Crippen molar-refractivity contribution in [3.05, 3.63) is 168 Å². The Labute approximate surface area is 424 Å². The maximum Gasteiger partial charge on any atom is 0.363 e. The van der Waals surface area contributed by atoms with Crippen LogP contribution >= 0.6 is 0 Å². The molecule has 4 aromatic carbocycles. The minimum atomic E-state index is -1.41. The molecular formula is C56H61N5O12. The first-order valence-electron chi connectivity index (χ1n) is 24.3. The van der Waals surface area contributed by atoms with E-state index in [0.717, 1.165) is 35.6 Å². The normalized spacial score (nSPS) is 12.0. The second kappa shape index (κ2) is 27.8. The van der Waals surface area contributed by atoms with Crippen LogP contribution in [0.1, 0.15) is 108 Å². The molecule has 0 aliphatic rings. The molecule has 6 rings (SSSR count). The van der Waals surface area contributed by atoms with E-state index in [9.17, 15) is 33.6 Å². The van der Waals surface area contributed by atoms with Crippen LogP contribution in [-0.2, 0) is 46.7 Å². The quantitative estimate of drug-likeness (QED) is 0.0139. The third-order valence-corrected chi connectivity index (χ3v) is 11.8. The highest BCUT2D eigenvalue weighted by molar-refractivity contribution is 6.00. The summed E-state index contributed by atoms with van der Waals surface area (Å²) in [5.41, 5.74) is 2.89. The SMILES string of the molecule is CCCCCC[C@@H](C(=O)NCNC(=O)c1ccc(-c2ccc(C(=O)N[C@@H](CC(=O)OCc3ccccc3)C(=O)OCc3ccccc3)c(OCC)c2)o1)[C@@H](CC)N(C=O)OC(=O)c1cccc(-n2cccc2)c1. The van der Waals surface area contributed by atoms with E-state index in [1.165, 1.54) is 12.1 Å². The van der Waals surface area contributed by atoms with Gasteiger partial charge in [0.2, 0.25) is 12.3 Å². The summed E-state index contributed by atoms with van der Waals surface area (Å²) in [7, 11) is 0. The highest BCUT2D eigenvalue weighted by Crippen LogP contribution is 2.30. The van der Waals surface area contributed by atoms with Crippen molar-refractivity contribution in [2.24, 2.45) is 5.92 Å². The number of furan rings is 1. The van der Waals surface area contributed by atoms with Gasteiger partial charge in [0.1, 0.15) is 30.8 Å². The number of aromatic nitrogens is 1. The number of carbonyl (C=O) groups excluding carboxylic acids is 7. The first-order chi connectivity index (χ1) is 35.5. The van der Waals surface area contributed by atoms with E-state index in [2.05, 4.69) is 22.9 Å². The molecule has 0 spiro atoms. The van der Waals surface area contributed by atoms with Gasteiger partial charge in [0.25, 0.3) is 11.8 Å². The van der Waals surface area contributed by atoms with Gasteiger partial charge in [-0.15, -0.1) is 0 Å². The highest BCUT2D eigenvalue weighted by Gasteiger charge is 2.34. The Morgan fingerprint density at radius 3 is 2.11 bits per heavy atom. The van der Waals surface area contributed by atoms with E-state index in [1.807, 2.05) is 47.3 Å². The first kappa shape index (κ1) is 53.9. The second-order valence-electron chi connectivity index (χ2n) is 16.9. The zero-order valence-electron chi connectivity index (χ0n) is 41.2. The van der Waals surface area contributed by atoms with E-state index in [0.29, 0.717) is 30.4 Å². The van der Waals surface area contributed by atoms with Crippen LogP contribution in [0.2, 0.25) is 0 Å². The fourth-order valence-corrected chi connectivity index (χ4v) is 7.95. The first-order valence-corrected chi connectivity index (χ1v) is 24.3. The zero-order chi connectivity index (χ0) is 52.0. The average molecular weight is 996 g/mol. The summed E-state index contributed by atoms with van der Waals surface area (Å²) in [5, 5.41) is 8.92. The lowest BCUT2D eigenvalue weighted by Crippen LogP contribution is -2.49. The van der Waals surface area contributed by atoms with Gasteiger partial charge in [0.05, 0.1) is 42.8 Å². The molecule has 2 heterocycles. The number of nitrogens with one attached hydrogen (secondary N) is 3. The summed E-state index contributed by atoms with van der Waals surface area (Å²) in [6.45, 7) is 5.35. The smallest absolute Gasteiger partial charge is 0.363 e. The van der Waals surface area contributed by atoms with Gasteiger partial charge in [-0.1, -0.05) is 112 Å². The number of ether oxygens (including phenoxy) is 3. The number of carbonyl (C=O) groups is 7. The molecule has 0 bridgehead atoms. The number of rotatable bonds is 28. The van der Waals surface area contributed by atoms with Crippen LogP contribution < -0.4 is 20.7 Å². The third kappa shape index (κ3) is 15.8. The molecule has 73 heavy (non-hydrogen) atoms. The van der Waals surface area contributed by atoms with Gasteiger partial charge < -0.3 is 44.0 Å².